The van der Waals surface area contributed by atoms with Gasteiger partial charge < -0.3 is 5.32 Å². The molecule has 4 heteroatoms. The van der Waals surface area contributed by atoms with Crippen LogP contribution < -0.4 is 5.32 Å². The number of hydrogen-bond donors (Lipinski definition) is 1. The minimum absolute atomic E-state index is 0.128. The number of alkyl halides is 1. The average Bonchev–Trinajstić information content (AvgIpc) is 2.18. The SMILES string of the molecule is CCc1ccc(NC(=O)CCl)cc1F. The summed E-state index contributed by atoms with van der Waals surface area (Å²) >= 11 is 5.29. The lowest BCUT2D eigenvalue weighted by atomic mass is 10.1. The minimum Gasteiger partial charge on any atom is -0.325 e. The number of rotatable bonds is 3. The molecule has 0 aromatic heterocycles. The summed E-state index contributed by atoms with van der Waals surface area (Å²) < 4.78 is 13.2. The molecule has 1 N–H and O–H groups in total. The molecule has 0 heterocycles. The third-order valence-electron chi connectivity index (χ3n) is 1.84. The second kappa shape index (κ2) is 4.96. The summed E-state index contributed by atoms with van der Waals surface area (Å²) in [5.41, 5.74) is 1.07. The molecule has 0 spiro atoms. The first-order chi connectivity index (χ1) is 6.67. The summed E-state index contributed by atoms with van der Waals surface area (Å²) in [7, 11) is 0. The maximum atomic E-state index is 13.2. The van der Waals surface area contributed by atoms with E-state index < -0.39 is 0 Å². The first kappa shape index (κ1) is 11.0. The Balaban J connectivity index is 2.81. The third kappa shape index (κ3) is 2.70. The smallest absolute Gasteiger partial charge is 0.239 e. The topological polar surface area (TPSA) is 29.1 Å². The van der Waals surface area contributed by atoms with Crippen LogP contribution in [0.15, 0.2) is 18.2 Å². The van der Waals surface area contributed by atoms with Crippen LogP contribution in [0.2, 0.25) is 0 Å². The molecular formula is C10H11ClFNO. The van der Waals surface area contributed by atoms with Gasteiger partial charge in [-0.05, 0) is 24.1 Å². The van der Waals surface area contributed by atoms with Gasteiger partial charge in [-0.1, -0.05) is 13.0 Å². The van der Waals surface area contributed by atoms with E-state index in [1.807, 2.05) is 6.92 Å². The molecule has 0 saturated heterocycles. The lowest BCUT2D eigenvalue weighted by Gasteiger charge is -2.05. The number of carbonyl (C=O) groups is 1. The average molecular weight is 216 g/mol. The quantitative estimate of drug-likeness (QED) is 0.772. The number of halogens is 2. The number of hydrogen-bond acceptors (Lipinski definition) is 1. The zero-order valence-corrected chi connectivity index (χ0v) is 8.57. The van der Waals surface area contributed by atoms with Gasteiger partial charge in [0.25, 0.3) is 0 Å². The molecular weight excluding hydrogens is 205 g/mol. The van der Waals surface area contributed by atoms with E-state index in [0.29, 0.717) is 17.7 Å². The molecule has 0 atom stereocenters. The number of carbonyl (C=O) groups excluding carboxylic acids is 1. The second-order valence-electron chi connectivity index (χ2n) is 2.84. The van der Waals surface area contributed by atoms with Crippen LogP contribution in [0.1, 0.15) is 12.5 Å². The third-order valence-corrected chi connectivity index (χ3v) is 2.08. The fraction of sp³-hybridized carbons (Fsp3) is 0.300. The van der Waals surface area contributed by atoms with Crippen molar-refractivity contribution in [2.75, 3.05) is 11.2 Å². The molecule has 0 aliphatic carbocycles. The van der Waals surface area contributed by atoms with Crippen molar-refractivity contribution in [1.29, 1.82) is 0 Å². The molecule has 1 aromatic carbocycles. The predicted molar refractivity (Wildman–Crippen MR) is 55.1 cm³/mol. The van der Waals surface area contributed by atoms with Gasteiger partial charge in [-0.3, -0.25) is 4.79 Å². The van der Waals surface area contributed by atoms with Crippen LogP contribution in [0.25, 0.3) is 0 Å². The molecule has 0 fully saturated rings. The van der Waals surface area contributed by atoms with Crippen molar-refractivity contribution in [2.24, 2.45) is 0 Å². The standard InChI is InChI=1S/C10H11ClFNO/c1-2-7-3-4-8(5-9(7)12)13-10(14)6-11/h3-5H,2,6H2,1H3,(H,13,14). The van der Waals surface area contributed by atoms with Gasteiger partial charge in [0, 0.05) is 5.69 Å². The molecule has 1 amide bonds. The molecule has 0 aliphatic heterocycles. The van der Waals surface area contributed by atoms with Gasteiger partial charge in [0.2, 0.25) is 5.91 Å². The summed E-state index contributed by atoms with van der Waals surface area (Å²) in [5.74, 6) is -0.771. The molecule has 0 saturated carbocycles. The number of aryl methyl sites for hydroxylation is 1. The van der Waals surface area contributed by atoms with Gasteiger partial charge in [0.05, 0.1) is 0 Å². The van der Waals surface area contributed by atoms with Crippen molar-refractivity contribution in [3.8, 4) is 0 Å². The van der Waals surface area contributed by atoms with Crippen LogP contribution >= 0.6 is 11.6 Å². The lowest BCUT2D eigenvalue weighted by molar-refractivity contribution is -0.113. The fourth-order valence-electron chi connectivity index (χ4n) is 1.11. The normalized spacial score (nSPS) is 9.93. The first-order valence-electron chi connectivity index (χ1n) is 4.31. The Kier molecular flexibility index (Phi) is 3.89. The van der Waals surface area contributed by atoms with Gasteiger partial charge in [0.1, 0.15) is 11.7 Å². The number of amides is 1. The van der Waals surface area contributed by atoms with E-state index in [2.05, 4.69) is 5.32 Å². The Bertz CT molecular complexity index is 341. The van der Waals surface area contributed by atoms with Crippen molar-refractivity contribution in [3.63, 3.8) is 0 Å². The first-order valence-corrected chi connectivity index (χ1v) is 4.85. The zero-order valence-electron chi connectivity index (χ0n) is 7.81. The maximum absolute atomic E-state index is 13.2. The van der Waals surface area contributed by atoms with E-state index in [0.717, 1.165) is 0 Å². The Morgan fingerprint density at radius 1 is 1.57 bits per heavy atom. The van der Waals surface area contributed by atoms with Crippen LogP contribution in [0.3, 0.4) is 0 Å². The molecule has 14 heavy (non-hydrogen) atoms. The van der Waals surface area contributed by atoms with Crippen molar-refractivity contribution >= 4 is 23.2 Å². The predicted octanol–water partition coefficient (Wildman–Crippen LogP) is 2.57. The Morgan fingerprint density at radius 2 is 2.29 bits per heavy atom. The highest BCUT2D eigenvalue weighted by atomic mass is 35.5. The molecule has 0 aliphatic rings. The van der Waals surface area contributed by atoms with Crippen molar-refractivity contribution in [1.82, 2.24) is 0 Å². The van der Waals surface area contributed by atoms with Crippen LogP contribution in [-0.2, 0) is 11.2 Å². The summed E-state index contributed by atoms with van der Waals surface area (Å²) in [5, 5.41) is 2.47. The van der Waals surface area contributed by atoms with E-state index in [1.165, 1.54) is 6.07 Å². The Morgan fingerprint density at radius 3 is 2.79 bits per heavy atom. The van der Waals surface area contributed by atoms with E-state index in [1.54, 1.807) is 12.1 Å². The number of nitrogens with one attached hydrogen (secondary N) is 1. The fourth-order valence-corrected chi connectivity index (χ4v) is 1.17. The molecule has 0 radical (unpaired) electrons. The Hall–Kier alpha value is -1.09. The summed E-state index contributed by atoms with van der Waals surface area (Å²) in [4.78, 5) is 10.9. The maximum Gasteiger partial charge on any atom is 0.239 e. The van der Waals surface area contributed by atoms with Gasteiger partial charge in [0.15, 0.2) is 0 Å². The largest absolute Gasteiger partial charge is 0.325 e. The summed E-state index contributed by atoms with van der Waals surface area (Å²) in [6, 6.07) is 4.61. The van der Waals surface area contributed by atoms with Crippen molar-refractivity contribution < 1.29 is 9.18 Å². The van der Waals surface area contributed by atoms with Gasteiger partial charge in [-0.15, -0.1) is 11.6 Å². The highest BCUT2D eigenvalue weighted by Crippen LogP contribution is 2.14. The molecule has 76 valence electrons. The van der Waals surface area contributed by atoms with E-state index >= 15 is 0 Å². The zero-order chi connectivity index (χ0) is 10.6. The molecule has 2 nitrogen and oxygen atoms in total. The number of benzene rings is 1. The van der Waals surface area contributed by atoms with Gasteiger partial charge in [-0.2, -0.15) is 0 Å². The molecule has 1 aromatic rings. The van der Waals surface area contributed by atoms with E-state index in [4.69, 9.17) is 11.6 Å². The van der Waals surface area contributed by atoms with Crippen LogP contribution in [-0.4, -0.2) is 11.8 Å². The second-order valence-corrected chi connectivity index (χ2v) is 3.11. The highest BCUT2D eigenvalue weighted by molar-refractivity contribution is 6.29. The summed E-state index contributed by atoms with van der Waals surface area (Å²) in [6.45, 7) is 1.87. The Labute approximate surface area is 87.1 Å². The van der Waals surface area contributed by atoms with Crippen LogP contribution in [0.5, 0.6) is 0 Å². The van der Waals surface area contributed by atoms with Crippen molar-refractivity contribution in [3.05, 3.63) is 29.6 Å². The van der Waals surface area contributed by atoms with E-state index in [9.17, 15) is 9.18 Å². The van der Waals surface area contributed by atoms with Gasteiger partial charge in [-0.25, -0.2) is 4.39 Å². The monoisotopic (exact) mass is 215 g/mol. The summed E-state index contributed by atoms with van der Waals surface area (Å²) in [6.07, 6.45) is 0.634. The molecule has 1 rings (SSSR count). The van der Waals surface area contributed by atoms with Crippen LogP contribution in [0.4, 0.5) is 10.1 Å². The van der Waals surface area contributed by atoms with Crippen molar-refractivity contribution in [2.45, 2.75) is 13.3 Å². The lowest BCUT2D eigenvalue weighted by Crippen LogP contribution is -2.12. The van der Waals surface area contributed by atoms with Crippen LogP contribution in [0, 0.1) is 5.82 Å². The highest BCUT2D eigenvalue weighted by Gasteiger charge is 2.03. The van der Waals surface area contributed by atoms with Gasteiger partial charge >= 0.3 is 0 Å². The molecule has 0 unspecified atom stereocenters. The van der Waals surface area contributed by atoms with E-state index in [-0.39, 0.29) is 17.6 Å². The molecule has 0 bridgehead atoms. The minimum atomic E-state index is -0.338. The number of anilines is 1.